The maximum absolute atomic E-state index is 12.7. The second-order valence-electron chi connectivity index (χ2n) is 4.88. The molecule has 2 aromatic rings. The number of non-ortho nitro benzene ring substituents is 1. The van der Waals surface area contributed by atoms with Gasteiger partial charge in [0.15, 0.2) is 5.78 Å². The SMILES string of the molecule is CN(C)C=C(C(=O)c1cccc([N+](=O)[O-])c1)c1ccncc1. The van der Waals surface area contributed by atoms with Crippen molar-refractivity contribution in [2.24, 2.45) is 0 Å². The third kappa shape index (κ3) is 3.54. The zero-order chi connectivity index (χ0) is 16.1. The molecule has 0 radical (unpaired) electrons. The van der Waals surface area contributed by atoms with Gasteiger partial charge in [-0.3, -0.25) is 19.9 Å². The lowest BCUT2D eigenvalue weighted by molar-refractivity contribution is -0.384. The minimum Gasteiger partial charge on any atom is -0.383 e. The molecular formula is C16H15N3O3. The Labute approximate surface area is 127 Å². The van der Waals surface area contributed by atoms with E-state index in [1.54, 1.807) is 41.7 Å². The van der Waals surface area contributed by atoms with Crippen LogP contribution in [0.15, 0.2) is 55.0 Å². The number of nitro groups is 1. The Kier molecular flexibility index (Phi) is 4.63. The Morgan fingerprint density at radius 3 is 2.45 bits per heavy atom. The number of nitro benzene ring substituents is 1. The van der Waals surface area contributed by atoms with Crippen LogP contribution >= 0.6 is 0 Å². The number of benzene rings is 1. The van der Waals surface area contributed by atoms with E-state index in [0.717, 1.165) is 0 Å². The zero-order valence-corrected chi connectivity index (χ0v) is 12.3. The number of nitrogens with zero attached hydrogens (tertiary/aromatic N) is 3. The van der Waals surface area contributed by atoms with E-state index >= 15 is 0 Å². The molecule has 112 valence electrons. The lowest BCUT2D eigenvalue weighted by Crippen LogP contribution is -2.09. The number of allylic oxidation sites excluding steroid dienone is 1. The molecular weight excluding hydrogens is 282 g/mol. The average molecular weight is 297 g/mol. The molecule has 0 aliphatic rings. The van der Waals surface area contributed by atoms with Crippen LogP contribution < -0.4 is 0 Å². The lowest BCUT2D eigenvalue weighted by atomic mass is 9.98. The number of hydrogen-bond acceptors (Lipinski definition) is 5. The first kappa shape index (κ1) is 15.4. The summed E-state index contributed by atoms with van der Waals surface area (Å²) >= 11 is 0. The van der Waals surface area contributed by atoms with Gasteiger partial charge in [0, 0.05) is 56.0 Å². The fourth-order valence-corrected chi connectivity index (χ4v) is 1.97. The molecule has 0 N–H and O–H groups in total. The fourth-order valence-electron chi connectivity index (χ4n) is 1.97. The van der Waals surface area contributed by atoms with Gasteiger partial charge in [-0.2, -0.15) is 0 Å². The second-order valence-corrected chi connectivity index (χ2v) is 4.88. The summed E-state index contributed by atoms with van der Waals surface area (Å²) in [4.78, 5) is 28.7. The predicted octanol–water partition coefficient (Wildman–Crippen LogP) is 2.78. The third-order valence-corrected chi connectivity index (χ3v) is 2.94. The summed E-state index contributed by atoms with van der Waals surface area (Å²) in [6, 6.07) is 9.17. The second kappa shape index (κ2) is 6.62. The molecule has 0 amide bonds. The number of hydrogen-bond donors (Lipinski definition) is 0. The van der Waals surface area contributed by atoms with Crippen molar-refractivity contribution in [2.45, 2.75) is 0 Å². The molecule has 1 aromatic carbocycles. The molecule has 1 aromatic heterocycles. The molecule has 0 bridgehead atoms. The summed E-state index contributed by atoms with van der Waals surface area (Å²) in [5.74, 6) is -0.274. The van der Waals surface area contributed by atoms with Crippen molar-refractivity contribution in [1.29, 1.82) is 0 Å². The van der Waals surface area contributed by atoms with Crippen molar-refractivity contribution in [2.75, 3.05) is 14.1 Å². The largest absolute Gasteiger partial charge is 0.383 e. The molecule has 0 unspecified atom stereocenters. The van der Waals surface area contributed by atoms with E-state index < -0.39 is 4.92 Å². The van der Waals surface area contributed by atoms with E-state index in [0.29, 0.717) is 11.1 Å². The van der Waals surface area contributed by atoms with Crippen molar-refractivity contribution < 1.29 is 9.72 Å². The van der Waals surface area contributed by atoms with E-state index in [9.17, 15) is 14.9 Å². The molecule has 0 spiro atoms. The maximum Gasteiger partial charge on any atom is 0.270 e. The van der Waals surface area contributed by atoms with Gasteiger partial charge in [-0.25, -0.2) is 0 Å². The Balaban J connectivity index is 2.47. The summed E-state index contributed by atoms with van der Waals surface area (Å²) in [7, 11) is 3.61. The van der Waals surface area contributed by atoms with Crippen LogP contribution in [0.3, 0.4) is 0 Å². The number of pyridine rings is 1. The highest BCUT2D eigenvalue weighted by Gasteiger charge is 2.17. The summed E-state index contributed by atoms with van der Waals surface area (Å²) in [6.45, 7) is 0. The first-order valence-corrected chi connectivity index (χ1v) is 6.57. The standard InChI is InChI=1S/C16H15N3O3/c1-18(2)11-15(12-6-8-17-9-7-12)16(20)13-4-3-5-14(10-13)19(21)22/h3-11H,1-2H3. The number of rotatable bonds is 5. The molecule has 22 heavy (non-hydrogen) atoms. The fraction of sp³-hybridized carbons (Fsp3) is 0.125. The molecule has 2 rings (SSSR count). The zero-order valence-electron chi connectivity index (χ0n) is 12.3. The summed E-state index contributed by atoms with van der Waals surface area (Å²) < 4.78 is 0. The lowest BCUT2D eigenvalue weighted by Gasteiger charge is -2.11. The van der Waals surface area contributed by atoms with Gasteiger partial charge in [-0.15, -0.1) is 0 Å². The van der Waals surface area contributed by atoms with E-state index in [1.807, 2.05) is 14.1 Å². The summed E-state index contributed by atoms with van der Waals surface area (Å²) in [6.07, 6.45) is 4.88. The molecule has 6 nitrogen and oxygen atoms in total. The Morgan fingerprint density at radius 2 is 1.86 bits per heavy atom. The van der Waals surface area contributed by atoms with E-state index in [4.69, 9.17) is 0 Å². The molecule has 0 aliphatic heterocycles. The van der Waals surface area contributed by atoms with Gasteiger partial charge >= 0.3 is 0 Å². The Morgan fingerprint density at radius 1 is 1.18 bits per heavy atom. The highest BCUT2D eigenvalue weighted by atomic mass is 16.6. The molecule has 0 saturated heterocycles. The average Bonchev–Trinajstić information content (AvgIpc) is 2.52. The first-order valence-electron chi connectivity index (χ1n) is 6.57. The summed E-state index contributed by atoms with van der Waals surface area (Å²) in [5.41, 5.74) is 1.33. The Bertz CT molecular complexity index is 724. The Hall–Kier alpha value is -3.02. The molecule has 1 heterocycles. The van der Waals surface area contributed by atoms with E-state index in [-0.39, 0.29) is 17.0 Å². The van der Waals surface area contributed by atoms with Gasteiger partial charge < -0.3 is 4.90 Å². The molecule has 0 saturated carbocycles. The van der Waals surface area contributed by atoms with Crippen molar-refractivity contribution in [1.82, 2.24) is 9.88 Å². The summed E-state index contributed by atoms with van der Waals surface area (Å²) in [5, 5.41) is 10.9. The number of ketones is 1. The van der Waals surface area contributed by atoms with Crippen LogP contribution in [0.4, 0.5) is 5.69 Å². The maximum atomic E-state index is 12.7. The normalized spacial score (nSPS) is 11.1. The minimum absolute atomic E-state index is 0.107. The predicted molar refractivity (Wildman–Crippen MR) is 83.3 cm³/mol. The van der Waals surface area contributed by atoms with Crippen molar-refractivity contribution >= 4 is 17.0 Å². The topological polar surface area (TPSA) is 76.3 Å². The number of aromatic nitrogens is 1. The molecule has 0 fully saturated rings. The van der Waals surface area contributed by atoms with Gasteiger partial charge in [0.05, 0.1) is 4.92 Å². The van der Waals surface area contributed by atoms with Crippen LogP contribution in [-0.4, -0.2) is 34.7 Å². The van der Waals surface area contributed by atoms with Gasteiger partial charge in [0.2, 0.25) is 0 Å². The van der Waals surface area contributed by atoms with Crippen LogP contribution in [0.25, 0.3) is 5.57 Å². The van der Waals surface area contributed by atoms with Crippen molar-refractivity contribution in [3.8, 4) is 0 Å². The van der Waals surface area contributed by atoms with Crippen LogP contribution in [0.1, 0.15) is 15.9 Å². The molecule has 0 atom stereocenters. The highest BCUT2D eigenvalue weighted by molar-refractivity contribution is 6.28. The van der Waals surface area contributed by atoms with E-state index in [2.05, 4.69) is 4.98 Å². The quantitative estimate of drug-likeness (QED) is 0.367. The minimum atomic E-state index is -0.515. The van der Waals surface area contributed by atoms with Gasteiger partial charge in [-0.05, 0) is 17.7 Å². The smallest absolute Gasteiger partial charge is 0.270 e. The van der Waals surface area contributed by atoms with Crippen LogP contribution in [0.5, 0.6) is 0 Å². The third-order valence-electron chi connectivity index (χ3n) is 2.94. The first-order chi connectivity index (χ1) is 10.5. The van der Waals surface area contributed by atoms with Crippen molar-refractivity contribution in [3.05, 3.63) is 76.2 Å². The number of carbonyl (C=O) groups is 1. The van der Waals surface area contributed by atoms with Gasteiger partial charge in [0.1, 0.15) is 0 Å². The number of carbonyl (C=O) groups excluding carboxylic acids is 1. The monoisotopic (exact) mass is 297 g/mol. The van der Waals surface area contributed by atoms with Gasteiger partial charge in [-0.1, -0.05) is 12.1 Å². The van der Waals surface area contributed by atoms with Crippen LogP contribution in [0.2, 0.25) is 0 Å². The van der Waals surface area contributed by atoms with Crippen LogP contribution in [0, 0.1) is 10.1 Å². The van der Waals surface area contributed by atoms with Crippen molar-refractivity contribution in [3.63, 3.8) is 0 Å². The molecule has 0 aliphatic carbocycles. The highest BCUT2D eigenvalue weighted by Crippen LogP contribution is 2.22. The van der Waals surface area contributed by atoms with Gasteiger partial charge in [0.25, 0.3) is 5.69 Å². The van der Waals surface area contributed by atoms with E-state index in [1.165, 1.54) is 18.2 Å². The number of Topliss-reactive ketones (excluding diaryl/α,β-unsaturated/α-hetero) is 1. The molecule has 6 heteroatoms. The van der Waals surface area contributed by atoms with Crippen LogP contribution in [-0.2, 0) is 0 Å².